The molecule has 0 fully saturated rings. The van der Waals surface area contributed by atoms with Crippen molar-refractivity contribution in [3.8, 4) is 17.2 Å². The molecule has 0 aliphatic rings. The minimum Gasteiger partial charge on any atom is -0.494 e. The first-order valence-electron chi connectivity index (χ1n) is 9.91. The first-order chi connectivity index (χ1) is 14.7. The van der Waals surface area contributed by atoms with E-state index in [2.05, 4.69) is 0 Å². The third-order valence-corrected chi connectivity index (χ3v) is 4.74. The van der Waals surface area contributed by atoms with Crippen molar-refractivity contribution in [2.24, 2.45) is 0 Å². The summed E-state index contributed by atoms with van der Waals surface area (Å²) < 4.78 is 55.0. The van der Waals surface area contributed by atoms with Gasteiger partial charge in [-0.25, -0.2) is 0 Å². The van der Waals surface area contributed by atoms with E-state index in [9.17, 15) is 13.2 Å². The SMILES string of the molecule is CCc1cc(OCC=C(Cl)Cl)cc(C)c1OCCCCOc1ccc(C(F)(F)F)cc1. The second-order valence-electron chi connectivity index (χ2n) is 6.81. The zero-order valence-electron chi connectivity index (χ0n) is 17.4. The first-order valence-corrected chi connectivity index (χ1v) is 10.7. The maximum Gasteiger partial charge on any atom is 0.416 e. The van der Waals surface area contributed by atoms with Crippen LogP contribution < -0.4 is 14.2 Å². The van der Waals surface area contributed by atoms with Crippen LogP contribution in [0.3, 0.4) is 0 Å². The molecule has 0 unspecified atom stereocenters. The van der Waals surface area contributed by atoms with Crippen molar-refractivity contribution in [1.82, 2.24) is 0 Å². The smallest absolute Gasteiger partial charge is 0.416 e. The highest BCUT2D eigenvalue weighted by Gasteiger charge is 2.29. The maximum atomic E-state index is 12.6. The molecule has 170 valence electrons. The molecule has 0 heterocycles. The molecule has 0 N–H and O–H groups in total. The molecule has 31 heavy (non-hydrogen) atoms. The van der Waals surface area contributed by atoms with Crippen LogP contribution in [-0.2, 0) is 12.6 Å². The van der Waals surface area contributed by atoms with E-state index in [1.165, 1.54) is 12.1 Å². The Hall–Kier alpha value is -2.05. The van der Waals surface area contributed by atoms with Crippen LogP contribution in [0.2, 0.25) is 0 Å². The molecule has 0 saturated heterocycles. The van der Waals surface area contributed by atoms with Gasteiger partial charge in [-0.15, -0.1) is 0 Å². The molecule has 2 aromatic rings. The van der Waals surface area contributed by atoms with Gasteiger partial charge in [0.05, 0.1) is 18.8 Å². The fraction of sp³-hybridized carbons (Fsp3) is 0.391. The zero-order valence-corrected chi connectivity index (χ0v) is 18.9. The van der Waals surface area contributed by atoms with Gasteiger partial charge in [0.1, 0.15) is 28.3 Å². The highest BCUT2D eigenvalue weighted by molar-refractivity contribution is 6.55. The molecule has 8 heteroatoms. The Morgan fingerprint density at radius 1 is 0.935 bits per heavy atom. The van der Waals surface area contributed by atoms with Gasteiger partial charge < -0.3 is 14.2 Å². The second kappa shape index (κ2) is 12.1. The summed E-state index contributed by atoms with van der Waals surface area (Å²) in [6.45, 7) is 5.19. The van der Waals surface area contributed by atoms with Gasteiger partial charge in [-0.3, -0.25) is 0 Å². The van der Waals surface area contributed by atoms with Crippen molar-refractivity contribution >= 4 is 23.2 Å². The van der Waals surface area contributed by atoms with Crippen LogP contribution in [0.1, 0.15) is 36.5 Å². The summed E-state index contributed by atoms with van der Waals surface area (Å²) in [6.07, 6.45) is -0.517. The molecule has 0 atom stereocenters. The summed E-state index contributed by atoms with van der Waals surface area (Å²) in [5.41, 5.74) is 1.32. The van der Waals surface area contributed by atoms with Gasteiger partial charge in [0.25, 0.3) is 0 Å². The Kier molecular flexibility index (Phi) is 9.85. The minimum absolute atomic E-state index is 0.162. The van der Waals surface area contributed by atoms with E-state index >= 15 is 0 Å². The van der Waals surface area contributed by atoms with Crippen molar-refractivity contribution in [2.45, 2.75) is 39.3 Å². The van der Waals surface area contributed by atoms with Gasteiger partial charge in [-0.1, -0.05) is 30.1 Å². The molecular formula is C23H25Cl2F3O3. The standard InChI is InChI=1S/C23H25Cl2F3O3/c1-3-17-15-20(30-13-10-21(24)25)14-16(2)22(17)31-12-5-4-11-29-19-8-6-18(7-9-19)23(26,27)28/h6-10,14-15H,3-5,11-13H2,1-2H3. The van der Waals surface area contributed by atoms with Crippen molar-refractivity contribution in [3.63, 3.8) is 0 Å². The van der Waals surface area contributed by atoms with Crippen LogP contribution in [-0.4, -0.2) is 19.8 Å². The number of ether oxygens (including phenoxy) is 3. The Bertz CT molecular complexity index is 862. The van der Waals surface area contributed by atoms with Gasteiger partial charge in [0.2, 0.25) is 0 Å². The van der Waals surface area contributed by atoms with Crippen LogP contribution in [0.25, 0.3) is 0 Å². The summed E-state index contributed by atoms with van der Waals surface area (Å²) in [6, 6.07) is 8.53. The van der Waals surface area contributed by atoms with Crippen molar-refractivity contribution in [1.29, 1.82) is 0 Å². The lowest BCUT2D eigenvalue weighted by Crippen LogP contribution is -2.06. The molecule has 0 saturated carbocycles. The van der Waals surface area contributed by atoms with Gasteiger partial charge in [0.15, 0.2) is 0 Å². The van der Waals surface area contributed by atoms with Crippen molar-refractivity contribution < 1.29 is 27.4 Å². The van der Waals surface area contributed by atoms with Gasteiger partial charge in [0, 0.05) is 0 Å². The highest BCUT2D eigenvalue weighted by atomic mass is 35.5. The molecule has 0 bridgehead atoms. The molecule has 0 aromatic heterocycles. The third kappa shape index (κ3) is 8.54. The summed E-state index contributed by atoms with van der Waals surface area (Å²) in [5.74, 6) is 1.97. The number of hydrogen-bond donors (Lipinski definition) is 0. The van der Waals surface area contributed by atoms with E-state index in [1.807, 2.05) is 26.0 Å². The molecular weight excluding hydrogens is 452 g/mol. The molecule has 0 spiro atoms. The summed E-state index contributed by atoms with van der Waals surface area (Å²) in [4.78, 5) is 0. The van der Waals surface area contributed by atoms with Gasteiger partial charge in [-0.2, -0.15) is 13.2 Å². The molecule has 0 amide bonds. The van der Waals surface area contributed by atoms with E-state index in [0.29, 0.717) is 25.4 Å². The van der Waals surface area contributed by atoms with Gasteiger partial charge >= 0.3 is 6.18 Å². The van der Waals surface area contributed by atoms with Crippen molar-refractivity contribution in [2.75, 3.05) is 19.8 Å². The Labute approximate surface area is 190 Å². The first kappa shape index (κ1) is 25.2. The van der Waals surface area contributed by atoms with E-state index in [0.717, 1.165) is 47.6 Å². The van der Waals surface area contributed by atoms with Crippen LogP contribution in [0.4, 0.5) is 13.2 Å². The molecule has 2 rings (SSSR count). The van der Waals surface area contributed by atoms with Crippen molar-refractivity contribution in [3.05, 3.63) is 63.7 Å². The van der Waals surface area contributed by atoms with Crippen LogP contribution in [0.15, 0.2) is 47.0 Å². The number of rotatable bonds is 11. The third-order valence-electron chi connectivity index (χ3n) is 4.43. The Morgan fingerprint density at radius 2 is 1.58 bits per heavy atom. The lowest BCUT2D eigenvalue weighted by Gasteiger charge is -2.16. The second-order valence-corrected chi connectivity index (χ2v) is 7.82. The monoisotopic (exact) mass is 476 g/mol. The summed E-state index contributed by atoms with van der Waals surface area (Å²) >= 11 is 11.2. The normalized spacial score (nSPS) is 11.2. The molecule has 3 nitrogen and oxygen atoms in total. The average Bonchev–Trinajstić information content (AvgIpc) is 2.70. The topological polar surface area (TPSA) is 27.7 Å². The fourth-order valence-electron chi connectivity index (χ4n) is 2.87. The van der Waals surface area contributed by atoms with Crippen LogP contribution >= 0.6 is 23.2 Å². The number of benzene rings is 2. The van der Waals surface area contributed by atoms with E-state index in [-0.39, 0.29) is 11.1 Å². The average molecular weight is 477 g/mol. The number of hydrogen-bond acceptors (Lipinski definition) is 3. The Balaban J connectivity index is 1.78. The Morgan fingerprint density at radius 3 is 2.16 bits per heavy atom. The molecule has 0 aliphatic carbocycles. The molecule has 0 aliphatic heterocycles. The van der Waals surface area contributed by atoms with Crippen LogP contribution in [0.5, 0.6) is 17.2 Å². The number of alkyl halides is 3. The van der Waals surface area contributed by atoms with Crippen LogP contribution in [0, 0.1) is 6.92 Å². The summed E-state index contributed by atoms with van der Waals surface area (Å²) in [7, 11) is 0. The summed E-state index contributed by atoms with van der Waals surface area (Å²) in [5, 5.41) is 0. The lowest BCUT2D eigenvalue weighted by molar-refractivity contribution is -0.137. The zero-order chi connectivity index (χ0) is 22.9. The quantitative estimate of drug-likeness (QED) is 0.314. The van der Waals surface area contributed by atoms with E-state index in [1.54, 1.807) is 6.08 Å². The van der Waals surface area contributed by atoms with E-state index < -0.39 is 11.7 Å². The fourth-order valence-corrected chi connectivity index (χ4v) is 3.00. The largest absolute Gasteiger partial charge is 0.494 e. The number of halogens is 5. The highest BCUT2D eigenvalue weighted by Crippen LogP contribution is 2.31. The number of unbranched alkanes of at least 4 members (excludes halogenated alkanes) is 1. The minimum atomic E-state index is -4.34. The van der Waals surface area contributed by atoms with E-state index in [4.69, 9.17) is 37.4 Å². The molecule has 2 aromatic carbocycles. The molecule has 0 radical (unpaired) electrons. The lowest BCUT2D eigenvalue weighted by atomic mass is 10.1. The van der Waals surface area contributed by atoms with Gasteiger partial charge in [-0.05, 0) is 79.8 Å². The predicted molar refractivity (Wildman–Crippen MR) is 118 cm³/mol. The number of aryl methyl sites for hydroxylation is 2. The maximum absolute atomic E-state index is 12.6. The predicted octanol–water partition coefficient (Wildman–Crippen LogP) is 7.51.